The van der Waals surface area contributed by atoms with Gasteiger partial charge in [0.15, 0.2) is 0 Å². The summed E-state index contributed by atoms with van der Waals surface area (Å²) in [6, 6.07) is 14.7. The van der Waals surface area contributed by atoms with Crippen molar-refractivity contribution in [1.82, 2.24) is 10.6 Å². The molecule has 0 heterocycles. The van der Waals surface area contributed by atoms with Crippen molar-refractivity contribution in [1.29, 1.82) is 0 Å². The van der Waals surface area contributed by atoms with Gasteiger partial charge in [-0.15, -0.1) is 0 Å². The minimum atomic E-state index is -1.16. The molecule has 1 amide bonds. The van der Waals surface area contributed by atoms with Crippen LogP contribution in [-0.2, 0) is 19.1 Å². The Bertz CT molecular complexity index is 1060. The molecule has 1 aliphatic carbocycles. The Morgan fingerprint density at radius 1 is 0.973 bits per heavy atom. The second kappa shape index (κ2) is 12.2. The number of rotatable bonds is 11. The van der Waals surface area contributed by atoms with Gasteiger partial charge in [0.2, 0.25) is 0 Å². The van der Waals surface area contributed by atoms with Crippen LogP contribution in [0.5, 0.6) is 0 Å². The van der Waals surface area contributed by atoms with Gasteiger partial charge in [-0.1, -0.05) is 62.4 Å². The summed E-state index contributed by atoms with van der Waals surface area (Å²) in [5, 5.41) is 15.4. The summed E-state index contributed by atoms with van der Waals surface area (Å²) in [6.07, 6.45) is -0.268. The summed E-state index contributed by atoms with van der Waals surface area (Å²) in [6.45, 7) is 9.57. The summed E-state index contributed by atoms with van der Waals surface area (Å²) < 4.78 is 10.9. The number of carbonyl (C=O) groups is 3. The third-order valence-electron chi connectivity index (χ3n) is 6.12. The molecule has 2 aromatic carbocycles. The van der Waals surface area contributed by atoms with Gasteiger partial charge in [-0.05, 0) is 55.4 Å². The van der Waals surface area contributed by atoms with Gasteiger partial charge in [0.25, 0.3) is 0 Å². The standard InChI is InChI=1S/C29H38N2O6/c1-18(2)14-19(16-30-25(27(33)34)15-26(32)37-29(3,4)5)31-28(35)36-17-24-22-12-8-6-10-20(22)21-11-7-9-13-23(21)24/h6-13,18-19,24-25,30H,14-17H2,1-5H3,(H,31,35)(H,33,34)/t19-,25-/m0/s1. The van der Waals surface area contributed by atoms with Crippen molar-refractivity contribution in [3.63, 3.8) is 0 Å². The first-order valence-electron chi connectivity index (χ1n) is 12.7. The van der Waals surface area contributed by atoms with E-state index in [1.165, 1.54) is 0 Å². The van der Waals surface area contributed by atoms with Crippen molar-refractivity contribution >= 4 is 18.0 Å². The summed E-state index contributed by atoms with van der Waals surface area (Å²) in [7, 11) is 0. The number of carboxylic acids is 1. The number of amides is 1. The molecule has 0 bridgehead atoms. The number of nitrogens with one attached hydrogen (secondary N) is 2. The Morgan fingerprint density at radius 2 is 1.54 bits per heavy atom. The molecule has 0 fully saturated rings. The molecule has 2 aromatic rings. The van der Waals surface area contributed by atoms with E-state index in [-0.39, 0.29) is 37.5 Å². The molecule has 3 N–H and O–H groups in total. The van der Waals surface area contributed by atoms with Crippen molar-refractivity contribution in [3.8, 4) is 11.1 Å². The summed E-state index contributed by atoms with van der Waals surface area (Å²) in [5.41, 5.74) is 3.86. The molecule has 0 unspecified atom stereocenters. The predicted octanol–water partition coefficient (Wildman–Crippen LogP) is 4.71. The monoisotopic (exact) mass is 510 g/mol. The first-order valence-corrected chi connectivity index (χ1v) is 12.7. The molecule has 200 valence electrons. The Morgan fingerprint density at radius 3 is 2.05 bits per heavy atom. The number of aliphatic carboxylic acids is 1. The lowest BCUT2D eigenvalue weighted by Crippen LogP contribution is -2.48. The molecule has 8 heteroatoms. The van der Waals surface area contributed by atoms with Gasteiger partial charge < -0.3 is 25.2 Å². The SMILES string of the molecule is CC(C)C[C@@H](CN[C@@H](CC(=O)OC(C)(C)C)C(=O)O)NC(=O)OCC1c2ccccc2-c2ccccc21. The molecule has 8 nitrogen and oxygen atoms in total. The summed E-state index contributed by atoms with van der Waals surface area (Å²) in [4.78, 5) is 36.6. The normalized spacial score (nSPS) is 14.4. The number of hydrogen-bond donors (Lipinski definition) is 3. The molecule has 0 spiro atoms. The van der Waals surface area contributed by atoms with Crippen molar-refractivity contribution < 1.29 is 29.0 Å². The zero-order valence-electron chi connectivity index (χ0n) is 22.2. The lowest BCUT2D eigenvalue weighted by molar-refractivity contribution is -0.158. The van der Waals surface area contributed by atoms with Crippen molar-refractivity contribution in [2.45, 2.75) is 71.1 Å². The molecule has 37 heavy (non-hydrogen) atoms. The zero-order chi connectivity index (χ0) is 27.2. The Kier molecular flexibility index (Phi) is 9.32. The van der Waals surface area contributed by atoms with Crippen LogP contribution >= 0.6 is 0 Å². The molecule has 2 atom stereocenters. The van der Waals surface area contributed by atoms with Crippen LogP contribution in [0, 0.1) is 5.92 Å². The number of carboxylic acid groups (broad SMARTS) is 1. The molecule has 0 radical (unpaired) electrons. The average Bonchev–Trinajstić information content (AvgIpc) is 3.12. The van der Waals surface area contributed by atoms with E-state index in [0.29, 0.717) is 6.42 Å². The minimum Gasteiger partial charge on any atom is -0.480 e. The van der Waals surface area contributed by atoms with Crippen molar-refractivity contribution in [2.75, 3.05) is 13.2 Å². The highest BCUT2D eigenvalue weighted by Crippen LogP contribution is 2.44. The topological polar surface area (TPSA) is 114 Å². The molecule has 0 saturated carbocycles. The lowest BCUT2D eigenvalue weighted by Gasteiger charge is -2.24. The molecule has 0 aromatic heterocycles. The maximum absolute atomic E-state index is 12.8. The van der Waals surface area contributed by atoms with Crippen LogP contribution in [0.4, 0.5) is 4.79 Å². The largest absolute Gasteiger partial charge is 0.480 e. The number of ether oxygens (including phenoxy) is 2. The van der Waals surface area contributed by atoms with E-state index < -0.39 is 29.7 Å². The molecular formula is C29H38N2O6. The zero-order valence-corrected chi connectivity index (χ0v) is 22.2. The summed E-state index contributed by atoms with van der Waals surface area (Å²) in [5.74, 6) is -1.56. The Balaban J connectivity index is 1.59. The maximum atomic E-state index is 12.8. The average molecular weight is 511 g/mol. The van der Waals surface area contributed by atoms with Gasteiger partial charge >= 0.3 is 18.0 Å². The van der Waals surface area contributed by atoms with Gasteiger partial charge in [0.1, 0.15) is 18.2 Å². The number of fused-ring (bicyclic) bond motifs is 3. The Hall–Kier alpha value is -3.39. The van der Waals surface area contributed by atoms with Gasteiger partial charge in [0.05, 0.1) is 6.42 Å². The van der Waals surface area contributed by atoms with Gasteiger partial charge in [-0.25, -0.2) is 4.79 Å². The lowest BCUT2D eigenvalue weighted by atomic mass is 9.98. The third kappa shape index (κ3) is 8.05. The van der Waals surface area contributed by atoms with Gasteiger partial charge in [-0.2, -0.15) is 0 Å². The van der Waals surface area contributed by atoms with E-state index in [2.05, 4.69) is 34.9 Å². The smallest absolute Gasteiger partial charge is 0.407 e. The fourth-order valence-corrected chi connectivity index (χ4v) is 4.65. The second-order valence-electron chi connectivity index (χ2n) is 10.9. The van der Waals surface area contributed by atoms with E-state index >= 15 is 0 Å². The van der Waals surface area contributed by atoms with E-state index in [1.807, 2.05) is 38.1 Å². The van der Waals surface area contributed by atoms with Gasteiger partial charge in [0, 0.05) is 18.5 Å². The number of hydrogen-bond acceptors (Lipinski definition) is 6. The van der Waals surface area contributed by atoms with E-state index in [1.54, 1.807) is 20.8 Å². The molecule has 0 aliphatic heterocycles. The number of alkyl carbamates (subject to hydrolysis) is 1. The van der Waals surface area contributed by atoms with Crippen molar-refractivity contribution in [2.24, 2.45) is 5.92 Å². The van der Waals surface area contributed by atoms with Crippen LogP contribution in [0.2, 0.25) is 0 Å². The number of benzene rings is 2. The number of esters is 1. The fraction of sp³-hybridized carbons (Fsp3) is 0.483. The highest BCUT2D eigenvalue weighted by Gasteiger charge is 2.30. The van der Waals surface area contributed by atoms with E-state index in [0.717, 1.165) is 22.3 Å². The molecule has 0 saturated heterocycles. The van der Waals surface area contributed by atoms with Crippen molar-refractivity contribution in [3.05, 3.63) is 59.7 Å². The van der Waals surface area contributed by atoms with E-state index in [9.17, 15) is 19.5 Å². The molecule has 1 aliphatic rings. The molecular weight excluding hydrogens is 472 g/mol. The van der Waals surface area contributed by atoms with Crippen LogP contribution < -0.4 is 10.6 Å². The number of carbonyl (C=O) groups excluding carboxylic acids is 2. The maximum Gasteiger partial charge on any atom is 0.407 e. The quantitative estimate of drug-likeness (QED) is 0.375. The van der Waals surface area contributed by atoms with Crippen LogP contribution in [0.3, 0.4) is 0 Å². The molecule has 3 rings (SSSR count). The summed E-state index contributed by atoms with van der Waals surface area (Å²) >= 11 is 0. The highest BCUT2D eigenvalue weighted by molar-refractivity contribution is 5.81. The third-order valence-corrected chi connectivity index (χ3v) is 6.12. The minimum absolute atomic E-state index is 0.0509. The van der Waals surface area contributed by atoms with E-state index in [4.69, 9.17) is 9.47 Å². The van der Waals surface area contributed by atoms with Crippen LogP contribution in [-0.4, -0.2) is 54.0 Å². The second-order valence-corrected chi connectivity index (χ2v) is 10.9. The van der Waals surface area contributed by atoms with Crippen LogP contribution in [0.1, 0.15) is 64.5 Å². The van der Waals surface area contributed by atoms with Crippen LogP contribution in [0.25, 0.3) is 11.1 Å². The van der Waals surface area contributed by atoms with Gasteiger partial charge in [-0.3, -0.25) is 9.59 Å². The highest BCUT2D eigenvalue weighted by atomic mass is 16.6. The first-order chi connectivity index (χ1) is 17.4. The fourth-order valence-electron chi connectivity index (χ4n) is 4.65. The Labute approximate surface area is 218 Å². The van der Waals surface area contributed by atoms with Crippen LogP contribution in [0.15, 0.2) is 48.5 Å². The first kappa shape index (κ1) is 28.2. The predicted molar refractivity (Wildman–Crippen MR) is 141 cm³/mol.